The van der Waals surface area contributed by atoms with Gasteiger partial charge in [-0.3, -0.25) is 9.11 Å². The third kappa shape index (κ3) is 6.75. The van der Waals surface area contributed by atoms with Gasteiger partial charge in [-0.1, -0.05) is 80.1 Å². The van der Waals surface area contributed by atoms with Gasteiger partial charge in [-0.2, -0.15) is 16.8 Å². The Morgan fingerprint density at radius 2 is 1.54 bits per heavy atom. The van der Waals surface area contributed by atoms with Crippen molar-refractivity contribution >= 4 is 31.5 Å². The van der Waals surface area contributed by atoms with E-state index in [1.807, 2.05) is 49.4 Å². The highest BCUT2D eigenvalue weighted by atomic mass is 32.2. The van der Waals surface area contributed by atoms with Crippen LogP contribution in [-0.2, 0) is 33.2 Å². The first-order valence-electron chi connectivity index (χ1n) is 12.6. The zero-order valence-electron chi connectivity index (χ0n) is 21.8. The highest BCUT2D eigenvalue weighted by Crippen LogP contribution is 2.35. The summed E-state index contributed by atoms with van der Waals surface area (Å²) < 4.78 is 68.0. The fourth-order valence-corrected chi connectivity index (χ4v) is 6.07. The topological polar surface area (TPSA) is 121 Å². The van der Waals surface area contributed by atoms with Crippen LogP contribution in [0, 0.1) is 0 Å². The minimum absolute atomic E-state index is 0.123. The number of anilines is 1. The molecule has 0 aromatic heterocycles. The molecule has 0 spiro atoms. The molecule has 4 rings (SSSR count). The van der Waals surface area contributed by atoms with Gasteiger partial charge in [0.25, 0.3) is 20.2 Å². The minimum atomic E-state index is -4.47. The highest BCUT2D eigenvalue weighted by Gasteiger charge is 2.21. The van der Waals surface area contributed by atoms with Crippen molar-refractivity contribution in [3.63, 3.8) is 0 Å². The molecular weight excluding hydrogens is 534 g/mol. The van der Waals surface area contributed by atoms with Crippen LogP contribution in [0.3, 0.4) is 0 Å². The molecule has 0 saturated heterocycles. The zero-order chi connectivity index (χ0) is 28.2. The first kappa shape index (κ1) is 28.5. The summed E-state index contributed by atoms with van der Waals surface area (Å²) in [5.74, 6) is 0. The van der Waals surface area contributed by atoms with Crippen LogP contribution in [0.25, 0.3) is 5.57 Å². The van der Waals surface area contributed by atoms with Crippen molar-refractivity contribution in [1.29, 1.82) is 0 Å². The molecule has 1 aliphatic carbocycles. The molecule has 0 saturated carbocycles. The van der Waals surface area contributed by atoms with E-state index < -0.39 is 20.2 Å². The van der Waals surface area contributed by atoms with Crippen molar-refractivity contribution in [3.05, 3.63) is 118 Å². The predicted molar refractivity (Wildman–Crippen MR) is 154 cm³/mol. The second kappa shape index (κ2) is 11.7. The summed E-state index contributed by atoms with van der Waals surface area (Å²) in [7, 11) is -8.86. The average Bonchev–Trinajstić information content (AvgIpc) is 2.92. The van der Waals surface area contributed by atoms with E-state index in [0.717, 1.165) is 29.5 Å². The number of hydrogen-bond acceptors (Lipinski definition) is 5. The van der Waals surface area contributed by atoms with Gasteiger partial charge >= 0.3 is 0 Å². The number of rotatable bonds is 9. The molecule has 0 atom stereocenters. The van der Waals surface area contributed by atoms with E-state index in [4.69, 9.17) is 0 Å². The summed E-state index contributed by atoms with van der Waals surface area (Å²) in [6, 6.07) is 18.7. The van der Waals surface area contributed by atoms with Gasteiger partial charge < -0.3 is 5.32 Å². The number of benzene rings is 3. The SMILES string of the molecule is CCC1=CC(=C(c2ccc(NCc3ccc(CC)cc3S(=O)(=O)O)cc2)c2ccccc2S(=O)(=O)O)C=CC1. The highest BCUT2D eigenvalue weighted by molar-refractivity contribution is 7.86. The molecule has 3 aromatic rings. The lowest BCUT2D eigenvalue weighted by Crippen LogP contribution is -2.08. The van der Waals surface area contributed by atoms with E-state index in [1.165, 1.54) is 17.7 Å². The van der Waals surface area contributed by atoms with E-state index in [-0.39, 0.29) is 16.3 Å². The van der Waals surface area contributed by atoms with E-state index in [9.17, 15) is 25.9 Å². The normalized spacial score (nSPS) is 15.1. The van der Waals surface area contributed by atoms with Crippen molar-refractivity contribution in [2.75, 3.05) is 5.32 Å². The van der Waals surface area contributed by atoms with Crippen molar-refractivity contribution in [2.24, 2.45) is 0 Å². The van der Waals surface area contributed by atoms with Gasteiger partial charge in [0.2, 0.25) is 0 Å². The first-order chi connectivity index (χ1) is 18.5. The summed E-state index contributed by atoms with van der Waals surface area (Å²) in [5.41, 5.74) is 5.79. The summed E-state index contributed by atoms with van der Waals surface area (Å²) in [6.45, 7) is 4.14. The molecule has 39 heavy (non-hydrogen) atoms. The second-order valence-corrected chi connectivity index (χ2v) is 12.0. The quantitative estimate of drug-likeness (QED) is 0.255. The monoisotopic (exact) mass is 565 g/mol. The fraction of sp³-hybridized carbons (Fsp3) is 0.200. The van der Waals surface area contributed by atoms with Crippen LogP contribution < -0.4 is 5.32 Å². The summed E-state index contributed by atoms with van der Waals surface area (Å²) in [4.78, 5) is -0.296. The van der Waals surface area contributed by atoms with Gasteiger partial charge in [0.1, 0.15) is 4.90 Å². The van der Waals surface area contributed by atoms with Crippen molar-refractivity contribution in [3.8, 4) is 0 Å². The Kier molecular flexibility index (Phi) is 8.56. The van der Waals surface area contributed by atoms with E-state index in [2.05, 4.69) is 18.3 Å². The van der Waals surface area contributed by atoms with E-state index in [1.54, 1.807) is 24.3 Å². The maximum atomic E-state index is 12.2. The predicted octanol–water partition coefficient (Wildman–Crippen LogP) is 6.45. The summed E-state index contributed by atoms with van der Waals surface area (Å²) >= 11 is 0. The standard InChI is InChI=1S/C30H31NO6S2/c1-3-21-8-7-9-24(18-21)30(27-10-5-6-11-28(27)38(32,33)34)23-14-16-26(17-15-23)31-20-25-13-12-22(4-2)19-29(25)39(35,36)37/h5-7,9-19,31H,3-4,8,20H2,1-2H3,(H,32,33,34)(H,35,36,37). The number of hydrogen-bond donors (Lipinski definition) is 3. The van der Waals surface area contributed by atoms with Crippen LogP contribution >= 0.6 is 0 Å². The third-order valence-corrected chi connectivity index (χ3v) is 8.54. The molecule has 0 fully saturated rings. The largest absolute Gasteiger partial charge is 0.381 e. The van der Waals surface area contributed by atoms with Gasteiger partial charge in [0.05, 0.1) is 4.90 Å². The molecule has 0 heterocycles. The van der Waals surface area contributed by atoms with Crippen LogP contribution in [-0.4, -0.2) is 25.9 Å². The van der Waals surface area contributed by atoms with Crippen LogP contribution in [0.1, 0.15) is 48.9 Å². The molecule has 0 radical (unpaired) electrons. The molecule has 0 unspecified atom stereocenters. The van der Waals surface area contributed by atoms with Gasteiger partial charge in [0.15, 0.2) is 0 Å². The van der Waals surface area contributed by atoms with Gasteiger partial charge in [-0.25, -0.2) is 0 Å². The molecule has 0 aliphatic heterocycles. The van der Waals surface area contributed by atoms with Crippen molar-refractivity contribution in [1.82, 2.24) is 0 Å². The Morgan fingerprint density at radius 1 is 0.846 bits per heavy atom. The summed E-state index contributed by atoms with van der Waals surface area (Å²) in [5, 5.41) is 3.19. The molecule has 7 nitrogen and oxygen atoms in total. The lowest BCUT2D eigenvalue weighted by atomic mass is 9.89. The Bertz CT molecular complexity index is 1680. The molecule has 1 aliphatic rings. The van der Waals surface area contributed by atoms with Gasteiger partial charge in [-0.15, -0.1) is 0 Å². The Balaban J connectivity index is 1.72. The molecule has 0 bridgehead atoms. The van der Waals surface area contributed by atoms with E-state index >= 15 is 0 Å². The molecule has 9 heteroatoms. The smallest absolute Gasteiger partial charge is 0.295 e. The lowest BCUT2D eigenvalue weighted by Gasteiger charge is -2.18. The van der Waals surface area contributed by atoms with Gasteiger partial charge in [0, 0.05) is 17.8 Å². The van der Waals surface area contributed by atoms with Crippen molar-refractivity contribution < 1.29 is 25.9 Å². The molecule has 204 valence electrons. The Morgan fingerprint density at radius 3 is 2.18 bits per heavy atom. The van der Waals surface area contributed by atoms with E-state index in [0.29, 0.717) is 28.8 Å². The molecule has 3 aromatic carbocycles. The van der Waals surface area contributed by atoms with Crippen LogP contribution in [0.15, 0.2) is 106 Å². The second-order valence-electron chi connectivity index (χ2n) is 9.27. The number of allylic oxidation sites excluding steroid dienone is 5. The van der Waals surface area contributed by atoms with Crippen molar-refractivity contribution in [2.45, 2.75) is 49.4 Å². The zero-order valence-corrected chi connectivity index (χ0v) is 23.4. The molecule has 0 amide bonds. The Labute approximate surface area is 230 Å². The maximum absolute atomic E-state index is 12.2. The van der Waals surface area contributed by atoms with Crippen LogP contribution in [0.2, 0.25) is 0 Å². The number of nitrogens with one attached hydrogen (secondary N) is 1. The molecule has 3 N–H and O–H groups in total. The fourth-order valence-electron chi connectivity index (χ4n) is 4.60. The average molecular weight is 566 g/mol. The molecular formula is C30H31NO6S2. The summed E-state index contributed by atoms with van der Waals surface area (Å²) in [6.07, 6.45) is 8.37. The van der Waals surface area contributed by atoms with Crippen LogP contribution in [0.4, 0.5) is 5.69 Å². The van der Waals surface area contributed by atoms with Crippen LogP contribution in [0.5, 0.6) is 0 Å². The van der Waals surface area contributed by atoms with Gasteiger partial charge in [-0.05, 0) is 71.4 Å². The maximum Gasteiger partial charge on any atom is 0.295 e. The first-order valence-corrected chi connectivity index (χ1v) is 15.5. The lowest BCUT2D eigenvalue weighted by molar-refractivity contribution is 0.480. The Hall–Kier alpha value is -3.50. The third-order valence-electron chi connectivity index (χ3n) is 6.69. The minimum Gasteiger partial charge on any atom is -0.381 e. The number of aryl methyl sites for hydroxylation is 1.